The number of aryl methyl sites for hydroxylation is 2. The summed E-state index contributed by atoms with van der Waals surface area (Å²) < 4.78 is 0. The van der Waals surface area contributed by atoms with Gasteiger partial charge in [-0.25, -0.2) is 0 Å². The third kappa shape index (κ3) is 12.9. The molecule has 0 spiro atoms. The topological polar surface area (TPSA) is 25.8 Å². The Kier molecular flexibility index (Phi) is 18.6. The van der Waals surface area contributed by atoms with E-state index in [4.69, 9.17) is 9.97 Å². The minimum atomic E-state index is 0.622. The van der Waals surface area contributed by atoms with Crippen molar-refractivity contribution in [2.24, 2.45) is 59.2 Å². The second-order valence-corrected chi connectivity index (χ2v) is 20.1. The van der Waals surface area contributed by atoms with E-state index in [9.17, 15) is 0 Å². The molecule has 2 heterocycles. The van der Waals surface area contributed by atoms with Crippen LogP contribution in [0.3, 0.4) is 0 Å². The number of hydrogen-bond acceptors (Lipinski definition) is 2. The quantitative estimate of drug-likeness (QED) is 0.181. The van der Waals surface area contributed by atoms with E-state index in [0.717, 1.165) is 72.0 Å². The van der Waals surface area contributed by atoms with Crippen molar-refractivity contribution in [2.75, 3.05) is 0 Å². The van der Waals surface area contributed by atoms with Crippen LogP contribution < -0.4 is 0 Å². The SMILES string of the molecule is CCCC1CCC(C(C)C2CCC(C(C)c3ccc(CC)cn3)CC2)CC1.CCCc1ccc(C(C)C2CCC(C(C)C3CCC(CCC)CC3)CC2)nc1. The molecule has 0 saturated heterocycles. The Morgan fingerprint density at radius 3 is 1.09 bits per heavy atom. The first-order valence-corrected chi connectivity index (χ1v) is 24.6. The van der Waals surface area contributed by atoms with Crippen LogP contribution >= 0.6 is 0 Å². The number of hydrogen-bond donors (Lipinski definition) is 0. The highest BCUT2D eigenvalue weighted by Crippen LogP contribution is 2.47. The maximum atomic E-state index is 4.82. The molecule has 0 aromatic carbocycles. The Balaban J connectivity index is 0.000000211. The van der Waals surface area contributed by atoms with E-state index in [1.165, 1.54) is 157 Å². The highest BCUT2D eigenvalue weighted by atomic mass is 14.7. The Labute approximate surface area is 342 Å². The Hall–Kier alpha value is -1.70. The predicted molar refractivity (Wildman–Crippen MR) is 239 cm³/mol. The first-order chi connectivity index (χ1) is 26.7. The minimum Gasteiger partial charge on any atom is -0.261 e. The van der Waals surface area contributed by atoms with E-state index >= 15 is 0 Å². The molecule has 2 nitrogen and oxygen atoms in total. The van der Waals surface area contributed by atoms with Crippen molar-refractivity contribution in [3.63, 3.8) is 0 Å². The Bertz CT molecular complexity index is 1280. The van der Waals surface area contributed by atoms with Crippen molar-refractivity contribution >= 4 is 0 Å². The molecule has 4 atom stereocenters. The summed E-state index contributed by atoms with van der Waals surface area (Å²) in [6, 6.07) is 9.18. The number of rotatable bonds is 15. The first kappa shape index (κ1) is 44.4. The zero-order chi connectivity index (χ0) is 39.2. The lowest BCUT2D eigenvalue weighted by atomic mass is 9.66. The van der Waals surface area contributed by atoms with Crippen LogP contribution in [0.15, 0.2) is 36.7 Å². The van der Waals surface area contributed by atoms with E-state index < -0.39 is 0 Å². The summed E-state index contributed by atoms with van der Waals surface area (Å²) in [4.78, 5) is 9.60. The number of aromatic nitrogens is 2. The summed E-state index contributed by atoms with van der Waals surface area (Å²) >= 11 is 0. The fourth-order valence-corrected chi connectivity index (χ4v) is 12.5. The van der Waals surface area contributed by atoms with Gasteiger partial charge in [0, 0.05) is 35.6 Å². The van der Waals surface area contributed by atoms with Crippen LogP contribution in [0.2, 0.25) is 0 Å². The van der Waals surface area contributed by atoms with Crippen LogP contribution in [0, 0.1) is 59.2 Å². The molecular weight excluding hydrogens is 665 g/mol. The molecule has 0 aliphatic heterocycles. The van der Waals surface area contributed by atoms with Gasteiger partial charge in [0.2, 0.25) is 0 Å². The third-order valence-electron chi connectivity index (χ3n) is 16.8. The Morgan fingerprint density at radius 2 is 0.782 bits per heavy atom. The average Bonchev–Trinajstić information content (AvgIpc) is 3.24. The summed E-state index contributed by atoms with van der Waals surface area (Å²) in [7, 11) is 0. The van der Waals surface area contributed by atoms with E-state index in [-0.39, 0.29) is 0 Å². The molecule has 2 heteroatoms. The van der Waals surface area contributed by atoms with Gasteiger partial charge in [0.25, 0.3) is 0 Å². The van der Waals surface area contributed by atoms with E-state index in [1.807, 2.05) is 0 Å². The van der Waals surface area contributed by atoms with Gasteiger partial charge < -0.3 is 0 Å². The fraction of sp³-hybridized carbons (Fsp3) is 0.811. The molecule has 4 unspecified atom stereocenters. The van der Waals surface area contributed by atoms with Crippen LogP contribution in [0.5, 0.6) is 0 Å². The van der Waals surface area contributed by atoms with Crippen LogP contribution in [0.25, 0.3) is 0 Å². The summed E-state index contributed by atoms with van der Waals surface area (Å²) in [6.45, 7) is 19.2. The van der Waals surface area contributed by atoms with Gasteiger partial charge in [-0.15, -0.1) is 0 Å². The Morgan fingerprint density at radius 1 is 0.436 bits per heavy atom. The normalized spacial score (nSPS) is 31.1. The lowest BCUT2D eigenvalue weighted by Crippen LogP contribution is -2.29. The average molecular weight is 753 g/mol. The van der Waals surface area contributed by atoms with Crippen LogP contribution in [0.1, 0.15) is 225 Å². The summed E-state index contributed by atoms with van der Waals surface area (Å²) in [5, 5.41) is 0. The van der Waals surface area contributed by atoms with Gasteiger partial charge in [0.1, 0.15) is 0 Å². The number of pyridine rings is 2. The van der Waals surface area contributed by atoms with Gasteiger partial charge >= 0.3 is 0 Å². The van der Waals surface area contributed by atoms with E-state index in [2.05, 4.69) is 92.0 Å². The summed E-state index contributed by atoms with van der Waals surface area (Å²) in [5.74, 6) is 10.9. The highest BCUT2D eigenvalue weighted by molar-refractivity contribution is 5.18. The monoisotopic (exact) mass is 753 g/mol. The van der Waals surface area contributed by atoms with Gasteiger partial charge in [-0.3, -0.25) is 9.97 Å². The predicted octanol–water partition coefficient (Wildman–Crippen LogP) is 16.0. The molecular formula is C53H88N2. The minimum absolute atomic E-state index is 0.622. The van der Waals surface area contributed by atoms with Gasteiger partial charge in [-0.2, -0.15) is 0 Å². The van der Waals surface area contributed by atoms with Crippen molar-refractivity contribution in [1.29, 1.82) is 0 Å². The lowest BCUT2D eigenvalue weighted by Gasteiger charge is -2.40. The number of nitrogens with zero attached hydrogens (tertiary/aromatic N) is 2. The molecule has 4 aliphatic carbocycles. The molecule has 4 fully saturated rings. The molecule has 0 bridgehead atoms. The van der Waals surface area contributed by atoms with Gasteiger partial charge in [-0.05, 0) is 172 Å². The molecule has 4 aliphatic rings. The largest absolute Gasteiger partial charge is 0.261 e. The molecule has 55 heavy (non-hydrogen) atoms. The third-order valence-corrected chi connectivity index (χ3v) is 16.8. The zero-order valence-corrected chi connectivity index (χ0v) is 37.6. The zero-order valence-electron chi connectivity index (χ0n) is 37.6. The smallest absolute Gasteiger partial charge is 0.0434 e. The maximum Gasteiger partial charge on any atom is 0.0434 e. The standard InChI is InChI=1S/C27H45N.C26H43N/c1-5-7-22-9-12-24(13-10-22)20(3)25-14-16-26(17-15-25)21(4)27-18-11-23(8-6-2)19-28-27;1-5-7-22-8-11-23(12-9-22)19(3)24-13-15-25(16-14-24)20(4)26-17-10-21(6-2)18-27-26/h11,18-22,24-26H,5-10,12-17H2,1-4H3;10,17-20,22-25H,5-9,11-16H2,1-4H3. The van der Waals surface area contributed by atoms with Crippen molar-refractivity contribution in [3.05, 3.63) is 59.2 Å². The van der Waals surface area contributed by atoms with Crippen molar-refractivity contribution < 1.29 is 0 Å². The molecule has 4 saturated carbocycles. The van der Waals surface area contributed by atoms with Crippen LogP contribution in [-0.4, -0.2) is 9.97 Å². The van der Waals surface area contributed by atoms with Gasteiger partial charge in [0.15, 0.2) is 0 Å². The second kappa shape index (κ2) is 23.0. The van der Waals surface area contributed by atoms with Crippen molar-refractivity contribution in [1.82, 2.24) is 9.97 Å². The first-order valence-electron chi connectivity index (χ1n) is 24.6. The van der Waals surface area contributed by atoms with Crippen LogP contribution in [-0.2, 0) is 12.8 Å². The highest BCUT2D eigenvalue weighted by Gasteiger charge is 2.35. The molecule has 6 rings (SSSR count). The van der Waals surface area contributed by atoms with Gasteiger partial charge in [-0.1, -0.05) is 125 Å². The maximum absolute atomic E-state index is 4.82. The molecule has 0 N–H and O–H groups in total. The lowest BCUT2D eigenvalue weighted by molar-refractivity contribution is 0.118. The van der Waals surface area contributed by atoms with Crippen LogP contribution in [0.4, 0.5) is 0 Å². The molecule has 2 aromatic rings. The van der Waals surface area contributed by atoms with E-state index in [1.54, 1.807) is 0 Å². The molecule has 2 aromatic heterocycles. The molecule has 0 radical (unpaired) electrons. The second-order valence-electron chi connectivity index (χ2n) is 20.1. The van der Waals surface area contributed by atoms with Crippen molar-refractivity contribution in [3.8, 4) is 0 Å². The van der Waals surface area contributed by atoms with Gasteiger partial charge in [0.05, 0.1) is 0 Å². The van der Waals surface area contributed by atoms with E-state index in [0.29, 0.717) is 11.8 Å². The fourth-order valence-electron chi connectivity index (χ4n) is 12.5. The molecule has 0 amide bonds. The summed E-state index contributed by atoms with van der Waals surface area (Å²) in [5.41, 5.74) is 5.39. The summed E-state index contributed by atoms with van der Waals surface area (Å²) in [6.07, 6.45) is 36.9. The van der Waals surface area contributed by atoms with Crippen molar-refractivity contribution in [2.45, 2.75) is 215 Å². The molecule has 310 valence electrons.